The maximum Gasteiger partial charge on any atom is 0.337 e. The number of halogens is 1. The smallest absolute Gasteiger partial charge is 0.337 e. The third-order valence-electron chi connectivity index (χ3n) is 4.42. The van der Waals surface area contributed by atoms with Crippen molar-refractivity contribution in [3.05, 3.63) is 29.8 Å². The number of ether oxygens (including phenoxy) is 1. The quantitative estimate of drug-likeness (QED) is 0.825. The molecule has 0 saturated carbocycles. The summed E-state index contributed by atoms with van der Waals surface area (Å²) in [5, 5.41) is 3.29. The average molecular weight is 361 g/mol. The maximum absolute atomic E-state index is 13.0. The lowest BCUT2D eigenvalue weighted by atomic mass is 10.1. The van der Waals surface area contributed by atoms with E-state index < -0.39 is 16.0 Å². The van der Waals surface area contributed by atoms with E-state index in [9.17, 15) is 13.2 Å². The molecule has 1 N–H and O–H groups in total. The van der Waals surface area contributed by atoms with Gasteiger partial charge in [-0.2, -0.15) is 4.31 Å². The fourth-order valence-electron chi connectivity index (χ4n) is 3.35. The first kappa shape index (κ1) is 18.2. The number of methoxy groups -OCH3 is 1. The van der Waals surface area contributed by atoms with Crippen LogP contribution in [0.3, 0.4) is 0 Å². The molecule has 128 valence electrons. The molecule has 2 atom stereocenters. The highest BCUT2D eigenvalue weighted by Crippen LogP contribution is 2.33. The molecular formula is C15H21ClN2O4S. The number of nitrogens with one attached hydrogen (secondary N) is 1. The van der Waals surface area contributed by atoms with Gasteiger partial charge in [-0.25, -0.2) is 13.2 Å². The zero-order valence-corrected chi connectivity index (χ0v) is 14.5. The van der Waals surface area contributed by atoms with Gasteiger partial charge in [0.15, 0.2) is 0 Å². The van der Waals surface area contributed by atoms with E-state index in [2.05, 4.69) is 10.1 Å². The Kier molecular flexibility index (Phi) is 5.67. The second kappa shape index (κ2) is 7.17. The molecule has 0 aromatic heterocycles. The van der Waals surface area contributed by atoms with Gasteiger partial charge in [0, 0.05) is 18.6 Å². The van der Waals surface area contributed by atoms with Gasteiger partial charge >= 0.3 is 5.97 Å². The van der Waals surface area contributed by atoms with E-state index >= 15 is 0 Å². The second-order valence-electron chi connectivity index (χ2n) is 5.73. The van der Waals surface area contributed by atoms with Crippen molar-refractivity contribution in [2.75, 3.05) is 20.2 Å². The fourth-order valence-corrected chi connectivity index (χ4v) is 5.30. The molecule has 2 bridgehead atoms. The molecule has 23 heavy (non-hydrogen) atoms. The highest BCUT2D eigenvalue weighted by atomic mass is 35.5. The van der Waals surface area contributed by atoms with E-state index in [4.69, 9.17) is 0 Å². The summed E-state index contributed by atoms with van der Waals surface area (Å²) < 4.78 is 32.3. The van der Waals surface area contributed by atoms with Crippen molar-refractivity contribution in [3.8, 4) is 0 Å². The summed E-state index contributed by atoms with van der Waals surface area (Å²) in [6, 6.07) is 6.13. The summed E-state index contributed by atoms with van der Waals surface area (Å²) in [7, 11) is -2.32. The molecule has 2 heterocycles. The molecule has 0 amide bonds. The molecule has 1 aromatic carbocycles. The van der Waals surface area contributed by atoms with Crippen molar-refractivity contribution < 1.29 is 17.9 Å². The van der Waals surface area contributed by atoms with Gasteiger partial charge in [0.2, 0.25) is 10.0 Å². The zero-order valence-electron chi connectivity index (χ0n) is 12.9. The van der Waals surface area contributed by atoms with Gasteiger partial charge < -0.3 is 10.1 Å². The van der Waals surface area contributed by atoms with Crippen molar-refractivity contribution in [2.45, 2.75) is 36.2 Å². The van der Waals surface area contributed by atoms with Gasteiger partial charge in [-0.3, -0.25) is 0 Å². The first-order valence-corrected chi connectivity index (χ1v) is 8.90. The third kappa shape index (κ3) is 3.38. The molecular weight excluding hydrogens is 340 g/mol. The van der Waals surface area contributed by atoms with Crippen LogP contribution in [0.2, 0.25) is 0 Å². The van der Waals surface area contributed by atoms with Crippen LogP contribution >= 0.6 is 12.4 Å². The standard InChI is InChI=1S/C15H20N2O4S.ClH/c1-21-15(18)11-3-2-4-14(9-11)22(19,20)17-12-5-6-13(17)10-16-8-7-12;/h2-4,9,12-13,16H,5-8,10H2,1H3;1H. The summed E-state index contributed by atoms with van der Waals surface area (Å²) in [6.07, 6.45) is 2.61. The minimum absolute atomic E-state index is 0. The van der Waals surface area contributed by atoms with E-state index in [1.54, 1.807) is 22.5 Å². The van der Waals surface area contributed by atoms with E-state index in [0.29, 0.717) is 6.54 Å². The van der Waals surface area contributed by atoms with Crippen LogP contribution < -0.4 is 5.32 Å². The highest BCUT2D eigenvalue weighted by molar-refractivity contribution is 7.89. The Balaban J connectivity index is 0.00000192. The lowest BCUT2D eigenvalue weighted by molar-refractivity contribution is 0.0600. The number of fused-ring (bicyclic) bond motifs is 2. The molecule has 8 heteroatoms. The second-order valence-corrected chi connectivity index (χ2v) is 7.58. The summed E-state index contributed by atoms with van der Waals surface area (Å²) in [5.41, 5.74) is 0.254. The topological polar surface area (TPSA) is 75.7 Å². The first-order valence-electron chi connectivity index (χ1n) is 7.46. The Morgan fingerprint density at radius 1 is 1.26 bits per heavy atom. The number of esters is 1. The molecule has 0 aliphatic carbocycles. The molecule has 2 unspecified atom stereocenters. The number of benzene rings is 1. The number of carbonyl (C=O) groups is 1. The molecule has 2 fully saturated rings. The lowest BCUT2D eigenvalue weighted by Gasteiger charge is -2.27. The molecule has 1 aromatic rings. The fraction of sp³-hybridized carbons (Fsp3) is 0.533. The zero-order chi connectivity index (χ0) is 15.7. The molecule has 2 aliphatic heterocycles. The SMILES string of the molecule is COC(=O)c1cccc(S(=O)(=O)N2C3CCNCC2CC3)c1.Cl. The van der Waals surface area contributed by atoms with E-state index in [1.807, 2.05) is 0 Å². The van der Waals surface area contributed by atoms with E-state index in [0.717, 1.165) is 25.8 Å². The Morgan fingerprint density at radius 3 is 2.74 bits per heavy atom. The predicted octanol–water partition coefficient (Wildman–Crippen LogP) is 1.41. The van der Waals surface area contributed by atoms with E-state index in [-0.39, 0.29) is 34.9 Å². The Labute approximate surface area is 142 Å². The first-order chi connectivity index (χ1) is 10.5. The number of rotatable bonds is 3. The lowest BCUT2D eigenvalue weighted by Crippen LogP contribution is -2.42. The Bertz CT molecular complexity index is 666. The van der Waals surface area contributed by atoms with Gasteiger partial charge in [0.05, 0.1) is 17.6 Å². The maximum atomic E-state index is 13.0. The van der Waals surface area contributed by atoms with Crippen LogP contribution in [0.25, 0.3) is 0 Å². The Hall–Kier alpha value is -1.15. The molecule has 6 nitrogen and oxygen atoms in total. The Morgan fingerprint density at radius 2 is 2.00 bits per heavy atom. The molecule has 2 aliphatic rings. The molecule has 0 radical (unpaired) electrons. The van der Waals surface area contributed by atoms with Crippen molar-refractivity contribution in [1.82, 2.24) is 9.62 Å². The van der Waals surface area contributed by atoms with Crippen LogP contribution in [0.15, 0.2) is 29.2 Å². The summed E-state index contributed by atoms with van der Waals surface area (Å²) in [6.45, 7) is 1.53. The van der Waals surface area contributed by atoms with E-state index in [1.165, 1.54) is 13.2 Å². The largest absolute Gasteiger partial charge is 0.465 e. The van der Waals surface area contributed by atoms with Crippen LogP contribution in [0, 0.1) is 0 Å². The normalized spacial score (nSPS) is 24.6. The predicted molar refractivity (Wildman–Crippen MR) is 88.4 cm³/mol. The third-order valence-corrected chi connectivity index (χ3v) is 6.42. The number of nitrogens with zero attached hydrogens (tertiary/aromatic N) is 1. The number of hydrogen-bond donors (Lipinski definition) is 1. The highest BCUT2D eigenvalue weighted by Gasteiger charge is 2.43. The monoisotopic (exact) mass is 360 g/mol. The van der Waals surface area contributed by atoms with Gasteiger partial charge in [-0.1, -0.05) is 6.07 Å². The van der Waals surface area contributed by atoms with Crippen LogP contribution in [0.4, 0.5) is 0 Å². The van der Waals surface area contributed by atoms with Crippen LogP contribution in [-0.4, -0.2) is 51.0 Å². The summed E-state index contributed by atoms with van der Waals surface area (Å²) >= 11 is 0. The van der Waals surface area contributed by atoms with Crippen LogP contribution in [-0.2, 0) is 14.8 Å². The van der Waals surface area contributed by atoms with Crippen LogP contribution in [0.1, 0.15) is 29.6 Å². The molecule has 0 spiro atoms. The van der Waals surface area contributed by atoms with Gasteiger partial charge in [0.25, 0.3) is 0 Å². The molecule has 2 saturated heterocycles. The van der Waals surface area contributed by atoms with Crippen molar-refractivity contribution in [1.29, 1.82) is 0 Å². The minimum atomic E-state index is -3.60. The summed E-state index contributed by atoms with van der Waals surface area (Å²) in [5.74, 6) is -0.530. The minimum Gasteiger partial charge on any atom is -0.465 e. The van der Waals surface area contributed by atoms with Crippen molar-refractivity contribution in [3.63, 3.8) is 0 Å². The van der Waals surface area contributed by atoms with Gasteiger partial charge in [0.1, 0.15) is 0 Å². The number of carbonyl (C=O) groups excluding carboxylic acids is 1. The molecule has 3 rings (SSSR count). The van der Waals surface area contributed by atoms with Crippen molar-refractivity contribution >= 4 is 28.4 Å². The van der Waals surface area contributed by atoms with Crippen LogP contribution in [0.5, 0.6) is 0 Å². The number of sulfonamides is 1. The number of hydrogen-bond acceptors (Lipinski definition) is 5. The van der Waals surface area contributed by atoms with Crippen molar-refractivity contribution in [2.24, 2.45) is 0 Å². The average Bonchev–Trinajstić information content (AvgIpc) is 2.80. The summed E-state index contributed by atoms with van der Waals surface area (Å²) in [4.78, 5) is 11.8. The van der Waals surface area contributed by atoms with Gasteiger partial charge in [-0.15, -0.1) is 12.4 Å². The van der Waals surface area contributed by atoms with Gasteiger partial charge in [-0.05, 0) is 44.0 Å².